The van der Waals surface area contributed by atoms with Crippen LogP contribution in [0.1, 0.15) is 69.0 Å². The van der Waals surface area contributed by atoms with E-state index in [1.807, 2.05) is 63.5 Å². The van der Waals surface area contributed by atoms with Crippen LogP contribution in [0.2, 0.25) is 0 Å². The van der Waals surface area contributed by atoms with Gasteiger partial charge < -0.3 is 30.1 Å². The molecule has 0 bridgehead atoms. The maximum atomic E-state index is 14.0. The third kappa shape index (κ3) is 5.94. The van der Waals surface area contributed by atoms with Crippen LogP contribution < -0.4 is 15.5 Å². The summed E-state index contributed by atoms with van der Waals surface area (Å²) in [4.78, 5) is 36.8. The van der Waals surface area contributed by atoms with E-state index in [2.05, 4.69) is 25.7 Å². The number of hydrogen-bond donors (Lipinski definition) is 3. The highest BCUT2D eigenvalue weighted by Crippen LogP contribution is 2.42. The zero-order valence-corrected chi connectivity index (χ0v) is 26.2. The highest BCUT2D eigenvalue weighted by atomic mass is 32.1. The van der Waals surface area contributed by atoms with Crippen LogP contribution in [0.15, 0.2) is 40.4 Å². The van der Waals surface area contributed by atoms with Gasteiger partial charge >= 0.3 is 0 Å². The number of thiazole rings is 1. The summed E-state index contributed by atoms with van der Waals surface area (Å²) in [6, 6.07) is 8.95. The molecular formula is C32H42N6O4S. The Hall–Kier alpha value is -3.28. The Morgan fingerprint density at radius 2 is 1.88 bits per heavy atom. The fraction of sp³-hybridized carbons (Fsp3) is 0.562. The Labute approximate surface area is 256 Å². The highest BCUT2D eigenvalue weighted by Gasteiger charge is 2.46. The first-order valence-corrected chi connectivity index (χ1v) is 16.2. The van der Waals surface area contributed by atoms with Crippen molar-refractivity contribution < 1.29 is 19.2 Å². The van der Waals surface area contributed by atoms with Crippen molar-refractivity contribution >= 4 is 29.0 Å². The molecule has 3 saturated heterocycles. The zero-order valence-electron chi connectivity index (χ0n) is 25.4. The van der Waals surface area contributed by atoms with Crippen molar-refractivity contribution in [2.75, 3.05) is 37.6 Å². The molecule has 1 spiro atoms. The minimum atomic E-state index is -0.766. The standard InChI is InChI=1S/C32H42N6O4S/c1-19(2)28(26-14-27(36-42-26)37-16-32(17-37)9-11-33-12-10-32)31(41)38-15-24(39)13-25(38)30(40)35-20(3)22-5-7-23(8-6-22)29-21(4)34-18-43-29/h5-8,14,18-20,24-25,28,33,39H,9-13,15-17H2,1-4H3,(H,35,40)/t20-,24+,25-,28+/m0/s1. The van der Waals surface area contributed by atoms with E-state index in [-0.39, 0.29) is 36.7 Å². The summed E-state index contributed by atoms with van der Waals surface area (Å²) in [6.07, 6.45) is 1.76. The number of benzene rings is 1. The summed E-state index contributed by atoms with van der Waals surface area (Å²) < 4.78 is 5.77. The van der Waals surface area contributed by atoms with Gasteiger partial charge in [-0.1, -0.05) is 43.3 Å². The topological polar surface area (TPSA) is 124 Å². The molecule has 3 N–H and O–H groups in total. The van der Waals surface area contributed by atoms with E-state index in [1.165, 1.54) is 17.7 Å². The van der Waals surface area contributed by atoms with E-state index in [4.69, 9.17) is 4.52 Å². The van der Waals surface area contributed by atoms with Crippen molar-refractivity contribution in [1.82, 2.24) is 25.7 Å². The van der Waals surface area contributed by atoms with Crippen molar-refractivity contribution in [2.24, 2.45) is 11.3 Å². The highest BCUT2D eigenvalue weighted by molar-refractivity contribution is 7.13. The minimum absolute atomic E-state index is 0.0819. The molecule has 10 nitrogen and oxygen atoms in total. The van der Waals surface area contributed by atoms with Crippen LogP contribution in [0.5, 0.6) is 0 Å². The number of hydrogen-bond acceptors (Lipinski definition) is 9. The molecule has 43 heavy (non-hydrogen) atoms. The second kappa shape index (κ2) is 12.0. The number of aliphatic hydroxyl groups is 1. The number of piperidine rings is 1. The number of aliphatic hydroxyl groups excluding tert-OH is 1. The summed E-state index contributed by atoms with van der Waals surface area (Å²) in [7, 11) is 0. The fourth-order valence-electron chi connectivity index (χ4n) is 6.89. The maximum absolute atomic E-state index is 14.0. The molecule has 3 aliphatic rings. The molecule has 6 rings (SSSR count). The number of carbonyl (C=O) groups is 2. The quantitative estimate of drug-likeness (QED) is 0.353. The Morgan fingerprint density at radius 3 is 2.53 bits per heavy atom. The lowest BCUT2D eigenvalue weighted by Gasteiger charge is -2.52. The molecule has 3 aromatic rings. The number of nitrogens with zero attached hydrogens (tertiary/aromatic N) is 4. The molecule has 0 saturated carbocycles. The van der Waals surface area contributed by atoms with Crippen molar-refractivity contribution in [3.63, 3.8) is 0 Å². The molecule has 5 heterocycles. The maximum Gasteiger partial charge on any atom is 0.243 e. The Balaban J connectivity index is 1.12. The molecule has 1 aromatic carbocycles. The summed E-state index contributed by atoms with van der Waals surface area (Å²) in [5.41, 5.74) is 5.24. The number of carbonyl (C=O) groups excluding carboxylic acids is 2. The molecule has 11 heteroatoms. The minimum Gasteiger partial charge on any atom is -0.391 e. The first kappa shape index (κ1) is 29.8. The number of likely N-dealkylation sites (tertiary alicyclic amines) is 1. The van der Waals surface area contributed by atoms with Gasteiger partial charge in [0.15, 0.2) is 11.6 Å². The lowest BCUT2D eigenvalue weighted by molar-refractivity contribution is -0.141. The predicted octanol–water partition coefficient (Wildman–Crippen LogP) is 3.88. The van der Waals surface area contributed by atoms with Gasteiger partial charge in [0.2, 0.25) is 11.8 Å². The third-order valence-corrected chi connectivity index (χ3v) is 10.4. The molecular weight excluding hydrogens is 564 g/mol. The number of rotatable bonds is 8. The van der Waals surface area contributed by atoms with Crippen molar-refractivity contribution in [1.29, 1.82) is 0 Å². The Morgan fingerprint density at radius 1 is 1.16 bits per heavy atom. The number of aryl methyl sites for hydroxylation is 1. The summed E-state index contributed by atoms with van der Waals surface area (Å²) in [6.45, 7) is 12.0. The van der Waals surface area contributed by atoms with Crippen LogP contribution in [-0.4, -0.2) is 76.8 Å². The lowest BCUT2D eigenvalue weighted by atomic mass is 9.72. The summed E-state index contributed by atoms with van der Waals surface area (Å²) in [5.74, 6) is 0.0981. The summed E-state index contributed by atoms with van der Waals surface area (Å²) >= 11 is 1.60. The number of nitrogens with one attached hydrogen (secondary N) is 2. The predicted molar refractivity (Wildman–Crippen MR) is 166 cm³/mol. The van der Waals surface area contributed by atoms with Crippen LogP contribution in [0, 0.1) is 18.3 Å². The van der Waals surface area contributed by atoms with E-state index >= 15 is 0 Å². The van der Waals surface area contributed by atoms with Crippen molar-refractivity contribution in [2.45, 2.75) is 71.1 Å². The average Bonchev–Trinajstić information content (AvgIpc) is 3.72. The lowest BCUT2D eigenvalue weighted by Crippen LogP contribution is -2.60. The van der Waals surface area contributed by atoms with Gasteiger partial charge in [0.25, 0.3) is 0 Å². The third-order valence-electron chi connectivity index (χ3n) is 9.44. The number of β-amino-alcohol motifs (C(OH)–C–C–N with tert-alkyl or cyclic N) is 1. The van der Waals surface area contributed by atoms with E-state index in [0.717, 1.165) is 53.7 Å². The second-order valence-corrected chi connectivity index (χ2v) is 13.8. The normalized spacial score (nSPS) is 22.9. The van der Waals surface area contributed by atoms with E-state index in [0.29, 0.717) is 11.2 Å². The average molecular weight is 607 g/mol. The number of amides is 2. The molecule has 0 unspecified atom stereocenters. The molecule has 0 radical (unpaired) electrons. The van der Waals surface area contributed by atoms with Gasteiger partial charge in [-0.2, -0.15) is 0 Å². The van der Waals surface area contributed by atoms with Crippen LogP contribution in [-0.2, 0) is 9.59 Å². The molecule has 2 amide bonds. The zero-order chi connectivity index (χ0) is 30.3. The number of aromatic nitrogens is 2. The number of anilines is 1. The molecule has 4 atom stereocenters. The first-order chi connectivity index (χ1) is 20.6. The van der Waals surface area contributed by atoms with E-state index in [9.17, 15) is 14.7 Å². The van der Waals surface area contributed by atoms with Gasteiger partial charge in [-0.05, 0) is 56.8 Å². The Kier molecular flexibility index (Phi) is 8.32. The SMILES string of the molecule is Cc1ncsc1-c1ccc([C@H](C)NC(=O)[C@@H]2C[C@@H](O)CN2C(=O)[C@@H](c2cc(N3CC4(CCNCC4)C3)no2)C(C)C)cc1. The van der Waals surface area contributed by atoms with Gasteiger partial charge in [0.05, 0.1) is 28.2 Å². The van der Waals surface area contributed by atoms with Gasteiger partial charge in [-0.15, -0.1) is 11.3 Å². The second-order valence-electron chi connectivity index (χ2n) is 12.9. The summed E-state index contributed by atoms with van der Waals surface area (Å²) in [5, 5.41) is 21.4. The molecule has 3 fully saturated rings. The molecule has 3 aliphatic heterocycles. The van der Waals surface area contributed by atoms with Gasteiger partial charge in [-0.3, -0.25) is 9.59 Å². The van der Waals surface area contributed by atoms with Gasteiger partial charge in [-0.25, -0.2) is 4.98 Å². The monoisotopic (exact) mass is 606 g/mol. The molecule has 2 aromatic heterocycles. The van der Waals surface area contributed by atoms with Crippen LogP contribution in [0.25, 0.3) is 10.4 Å². The molecule has 230 valence electrons. The van der Waals surface area contributed by atoms with Crippen molar-refractivity contribution in [3.8, 4) is 10.4 Å². The van der Waals surface area contributed by atoms with Crippen molar-refractivity contribution in [3.05, 3.63) is 52.9 Å². The molecule has 0 aliphatic carbocycles. The smallest absolute Gasteiger partial charge is 0.243 e. The van der Waals surface area contributed by atoms with E-state index < -0.39 is 18.1 Å². The largest absolute Gasteiger partial charge is 0.391 e. The van der Waals surface area contributed by atoms with Crippen LogP contribution in [0.3, 0.4) is 0 Å². The first-order valence-electron chi connectivity index (χ1n) is 15.4. The van der Waals surface area contributed by atoms with E-state index in [1.54, 1.807) is 11.3 Å². The van der Waals surface area contributed by atoms with Crippen LogP contribution >= 0.6 is 11.3 Å². The van der Waals surface area contributed by atoms with Gasteiger partial charge in [0, 0.05) is 37.5 Å². The van der Waals surface area contributed by atoms with Gasteiger partial charge in [0.1, 0.15) is 12.0 Å². The Bertz CT molecular complexity index is 1440. The fourth-order valence-corrected chi connectivity index (χ4v) is 7.70. The van der Waals surface area contributed by atoms with Crippen LogP contribution in [0.4, 0.5) is 5.82 Å².